The number of fused-ring (bicyclic) bond motifs is 2. The van der Waals surface area contributed by atoms with Crippen LogP contribution in [0.25, 0.3) is 0 Å². The summed E-state index contributed by atoms with van der Waals surface area (Å²) in [7, 11) is 0. The molecule has 1 aromatic rings. The van der Waals surface area contributed by atoms with Gasteiger partial charge in [-0.3, -0.25) is 9.59 Å². The molecule has 4 heteroatoms. The molecule has 0 spiro atoms. The Morgan fingerprint density at radius 1 is 1.22 bits per heavy atom. The number of allylic oxidation sites excluding steroid dienone is 2. The highest BCUT2D eigenvalue weighted by molar-refractivity contribution is 6.10. The molecule has 0 radical (unpaired) electrons. The van der Waals surface area contributed by atoms with Gasteiger partial charge in [-0.05, 0) is 51.4 Å². The molecule has 4 nitrogen and oxygen atoms in total. The number of amides is 1. The average molecular weight is 312 g/mol. The molecule has 4 rings (SSSR count). The van der Waals surface area contributed by atoms with Crippen LogP contribution in [0.2, 0.25) is 0 Å². The van der Waals surface area contributed by atoms with Crippen LogP contribution in [0.3, 0.4) is 0 Å². The van der Waals surface area contributed by atoms with Gasteiger partial charge in [-0.1, -0.05) is 11.6 Å². The summed E-state index contributed by atoms with van der Waals surface area (Å²) in [6, 6.07) is 0. The molecule has 122 valence electrons. The van der Waals surface area contributed by atoms with Gasteiger partial charge in [0.2, 0.25) is 0 Å². The first-order valence-corrected chi connectivity index (χ1v) is 8.74. The van der Waals surface area contributed by atoms with E-state index in [-0.39, 0.29) is 11.7 Å². The number of ketones is 1. The zero-order chi connectivity index (χ0) is 16.1. The van der Waals surface area contributed by atoms with Crippen LogP contribution in [-0.4, -0.2) is 34.7 Å². The van der Waals surface area contributed by atoms with Gasteiger partial charge in [0.05, 0.1) is 11.1 Å². The van der Waals surface area contributed by atoms with E-state index in [9.17, 15) is 9.59 Å². The van der Waals surface area contributed by atoms with E-state index in [0.29, 0.717) is 29.4 Å². The first kappa shape index (κ1) is 14.7. The number of aryl methyl sites for hydroxylation is 2. The highest BCUT2D eigenvalue weighted by Crippen LogP contribution is 2.37. The normalized spacial score (nSPS) is 26.8. The van der Waals surface area contributed by atoms with E-state index in [1.54, 1.807) is 0 Å². The summed E-state index contributed by atoms with van der Waals surface area (Å²) in [4.78, 5) is 30.7. The smallest absolute Gasteiger partial charge is 0.256 e. The number of hydrogen-bond donors (Lipinski definition) is 1. The Hall–Kier alpha value is -1.84. The maximum atomic E-state index is 13.1. The second kappa shape index (κ2) is 5.36. The topological polar surface area (TPSA) is 53.2 Å². The van der Waals surface area contributed by atoms with Crippen molar-refractivity contribution in [3.8, 4) is 0 Å². The Bertz CT molecular complexity index is 713. The number of carbonyl (C=O) groups excluding carboxylic acids is 2. The predicted octanol–water partition coefficient (Wildman–Crippen LogP) is 3.27. The van der Waals surface area contributed by atoms with Crippen LogP contribution < -0.4 is 0 Å². The van der Waals surface area contributed by atoms with Gasteiger partial charge < -0.3 is 9.88 Å². The van der Waals surface area contributed by atoms with Gasteiger partial charge in [0.15, 0.2) is 5.78 Å². The van der Waals surface area contributed by atoms with Crippen molar-refractivity contribution >= 4 is 11.7 Å². The van der Waals surface area contributed by atoms with E-state index < -0.39 is 0 Å². The second-order valence-corrected chi connectivity index (χ2v) is 7.48. The number of nitrogens with zero attached hydrogens (tertiary/aromatic N) is 1. The molecule has 1 fully saturated rings. The lowest BCUT2D eigenvalue weighted by Gasteiger charge is -2.21. The summed E-state index contributed by atoms with van der Waals surface area (Å²) in [5.41, 5.74) is 4.61. The van der Waals surface area contributed by atoms with Crippen LogP contribution in [0.4, 0.5) is 0 Å². The zero-order valence-electron chi connectivity index (χ0n) is 13.9. The minimum atomic E-state index is 0.0577. The molecule has 0 bridgehead atoms. The summed E-state index contributed by atoms with van der Waals surface area (Å²) < 4.78 is 0. The van der Waals surface area contributed by atoms with Crippen molar-refractivity contribution in [3.63, 3.8) is 0 Å². The van der Waals surface area contributed by atoms with E-state index in [4.69, 9.17) is 0 Å². The number of hydrogen-bond acceptors (Lipinski definition) is 2. The fraction of sp³-hybridized carbons (Fsp3) is 0.579. The maximum absolute atomic E-state index is 13.1. The number of aromatic nitrogens is 1. The number of carbonyl (C=O) groups is 2. The largest absolute Gasteiger partial charge is 0.361 e. The van der Waals surface area contributed by atoms with Crippen molar-refractivity contribution in [2.45, 2.75) is 46.0 Å². The second-order valence-electron chi connectivity index (χ2n) is 7.48. The fourth-order valence-electron chi connectivity index (χ4n) is 4.61. The third-order valence-electron chi connectivity index (χ3n) is 5.81. The lowest BCUT2D eigenvalue weighted by Crippen LogP contribution is -2.30. The molecule has 0 saturated carbocycles. The maximum Gasteiger partial charge on any atom is 0.256 e. The zero-order valence-corrected chi connectivity index (χ0v) is 13.9. The van der Waals surface area contributed by atoms with E-state index in [1.807, 2.05) is 11.8 Å². The molecular weight excluding hydrogens is 288 g/mol. The number of likely N-dealkylation sites (tertiary alicyclic amines) is 1. The quantitative estimate of drug-likeness (QED) is 0.809. The van der Waals surface area contributed by atoms with Crippen LogP contribution in [0.5, 0.6) is 0 Å². The summed E-state index contributed by atoms with van der Waals surface area (Å²) in [6.45, 7) is 5.78. The van der Waals surface area contributed by atoms with Gasteiger partial charge in [-0.2, -0.15) is 0 Å². The van der Waals surface area contributed by atoms with Gasteiger partial charge in [0.1, 0.15) is 0 Å². The highest BCUT2D eigenvalue weighted by Gasteiger charge is 2.39. The number of H-pyrrole nitrogens is 1. The Kier molecular flexibility index (Phi) is 3.43. The molecule has 2 atom stereocenters. The minimum Gasteiger partial charge on any atom is -0.361 e. The molecule has 0 aromatic carbocycles. The average Bonchev–Trinajstić information content (AvgIpc) is 3.07. The van der Waals surface area contributed by atoms with Gasteiger partial charge in [-0.15, -0.1) is 0 Å². The van der Waals surface area contributed by atoms with E-state index in [2.05, 4.69) is 18.0 Å². The minimum absolute atomic E-state index is 0.0577. The van der Waals surface area contributed by atoms with Crippen LogP contribution >= 0.6 is 0 Å². The van der Waals surface area contributed by atoms with Crippen molar-refractivity contribution in [3.05, 3.63) is 34.2 Å². The molecule has 1 saturated heterocycles. The van der Waals surface area contributed by atoms with Crippen molar-refractivity contribution in [2.24, 2.45) is 11.8 Å². The molecule has 2 aliphatic carbocycles. The van der Waals surface area contributed by atoms with Crippen LogP contribution in [0.15, 0.2) is 11.6 Å². The summed E-state index contributed by atoms with van der Waals surface area (Å²) in [5.74, 6) is 1.37. The van der Waals surface area contributed by atoms with Crippen LogP contribution in [0.1, 0.15) is 64.7 Å². The number of Topliss-reactive ketones (excluding diaryl/α,β-unsaturated/α-hetero) is 1. The Labute approximate surface area is 136 Å². The monoisotopic (exact) mass is 312 g/mol. The van der Waals surface area contributed by atoms with Crippen LogP contribution in [0, 0.1) is 18.8 Å². The summed E-state index contributed by atoms with van der Waals surface area (Å²) in [6.07, 6.45) is 6.85. The molecule has 23 heavy (non-hydrogen) atoms. The molecule has 1 amide bonds. The molecule has 3 aliphatic rings. The predicted molar refractivity (Wildman–Crippen MR) is 88.7 cm³/mol. The number of rotatable bonds is 1. The van der Waals surface area contributed by atoms with Crippen LogP contribution in [-0.2, 0) is 6.42 Å². The summed E-state index contributed by atoms with van der Waals surface area (Å²) >= 11 is 0. The Morgan fingerprint density at radius 3 is 2.83 bits per heavy atom. The first-order chi connectivity index (χ1) is 11.0. The van der Waals surface area contributed by atoms with Gasteiger partial charge >= 0.3 is 0 Å². The third-order valence-corrected chi connectivity index (χ3v) is 5.81. The molecule has 1 N–H and O–H groups in total. The summed E-state index contributed by atoms with van der Waals surface area (Å²) in [5, 5.41) is 0. The molecule has 0 unspecified atom stereocenters. The Balaban J connectivity index is 1.62. The molecule has 1 aliphatic heterocycles. The van der Waals surface area contributed by atoms with Gasteiger partial charge in [-0.25, -0.2) is 0 Å². The SMILES string of the molecule is CC1=CC[C@@H]2CN(C(=O)c3c(C)[nH]c4c3C(=O)CCC4)C[C@@H]2C1. The lowest BCUT2D eigenvalue weighted by atomic mass is 9.83. The highest BCUT2D eigenvalue weighted by atomic mass is 16.2. The van der Waals surface area contributed by atoms with E-state index in [0.717, 1.165) is 50.2 Å². The van der Waals surface area contributed by atoms with Crippen molar-refractivity contribution in [1.29, 1.82) is 0 Å². The fourth-order valence-corrected chi connectivity index (χ4v) is 4.61. The van der Waals surface area contributed by atoms with Crippen molar-refractivity contribution in [2.75, 3.05) is 13.1 Å². The van der Waals surface area contributed by atoms with Crippen molar-refractivity contribution < 1.29 is 9.59 Å². The number of aromatic amines is 1. The number of nitrogens with one attached hydrogen (secondary N) is 1. The van der Waals surface area contributed by atoms with E-state index >= 15 is 0 Å². The lowest BCUT2D eigenvalue weighted by molar-refractivity contribution is 0.0777. The van der Waals surface area contributed by atoms with Gasteiger partial charge in [0.25, 0.3) is 5.91 Å². The van der Waals surface area contributed by atoms with Gasteiger partial charge in [0, 0.05) is 30.9 Å². The first-order valence-electron chi connectivity index (χ1n) is 8.74. The molecular formula is C19H24N2O2. The Morgan fingerprint density at radius 2 is 2.00 bits per heavy atom. The van der Waals surface area contributed by atoms with E-state index in [1.165, 1.54) is 5.57 Å². The molecule has 1 aromatic heterocycles. The molecule has 2 heterocycles. The van der Waals surface area contributed by atoms with Crippen molar-refractivity contribution in [1.82, 2.24) is 9.88 Å². The third kappa shape index (κ3) is 2.35. The standard InChI is InChI=1S/C19H24N2O2/c1-11-6-7-13-9-21(10-14(13)8-11)19(23)17-12(2)20-15-4-3-5-16(22)18(15)17/h6,13-14,20H,3-5,7-10H2,1-2H3/t13-,14+/m1/s1.